The number of aromatic amines is 1. The summed E-state index contributed by atoms with van der Waals surface area (Å²) in [5.41, 5.74) is 7.73. The number of nitrogens with one attached hydrogen (secondary N) is 1. The van der Waals surface area contributed by atoms with Gasteiger partial charge in [-0.05, 0) is 38.0 Å². The van der Waals surface area contributed by atoms with Crippen LogP contribution in [0.2, 0.25) is 0 Å². The summed E-state index contributed by atoms with van der Waals surface area (Å²) >= 11 is 0. The summed E-state index contributed by atoms with van der Waals surface area (Å²) in [4.78, 5) is 3.49. The van der Waals surface area contributed by atoms with E-state index in [1.54, 1.807) is 0 Å². The second-order valence-corrected chi connectivity index (χ2v) is 4.99. The van der Waals surface area contributed by atoms with Gasteiger partial charge in [0.1, 0.15) is 0 Å². The summed E-state index contributed by atoms with van der Waals surface area (Å²) in [6.45, 7) is 6.46. The summed E-state index contributed by atoms with van der Waals surface area (Å²) in [5, 5.41) is 1.35. The summed E-state index contributed by atoms with van der Waals surface area (Å²) in [7, 11) is 0. The normalized spacial score (nSPS) is 11.1. The summed E-state index contributed by atoms with van der Waals surface area (Å²) in [6, 6.07) is 15.1. The van der Waals surface area contributed by atoms with Gasteiger partial charge in [0.2, 0.25) is 0 Å². The van der Waals surface area contributed by atoms with E-state index in [2.05, 4.69) is 68.2 Å². The van der Waals surface area contributed by atoms with E-state index in [-0.39, 0.29) is 0 Å². The van der Waals surface area contributed by atoms with Crippen LogP contribution in [0.1, 0.15) is 16.8 Å². The largest absolute Gasteiger partial charge is 0.358 e. The lowest BCUT2D eigenvalue weighted by molar-refractivity contribution is 1.30. The SMILES string of the molecule is Cc1cccc(-c2c(C)[nH]c3cccc(C)c23)c1. The third-order valence-corrected chi connectivity index (χ3v) is 3.53. The Kier molecular flexibility index (Phi) is 2.48. The average Bonchev–Trinajstić information content (AvgIpc) is 2.67. The van der Waals surface area contributed by atoms with E-state index in [1.807, 2.05) is 0 Å². The van der Waals surface area contributed by atoms with Crippen molar-refractivity contribution in [1.82, 2.24) is 4.98 Å². The highest BCUT2D eigenvalue weighted by Gasteiger charge is 2.11. The molecule has 1 heterocycles. The van der Waals surface area contributed by atoms with E-state index in [1.165, 1.54) is 38.9 Å². The molecule has 0 saturated heterocycles. The van der Waals surface area contributed by atoms with Crippen molar-refractivity contribution >= 4 is 10.9 Å². The molecule has 0 aliphatic rings. The third kappa shape index (κ3) is 1.63. The maximum atomic E-state index is 3.49. The van der Waals surface area contributed by atoms with Crippen molar-refractivity contribution in [1.29, 1.82) is 0 Å². The van der Waals surface area contributed by atoms with E-state index < -0.39 is 0 Å². The Bertz CT molecular complexity index is 720. The minimum Gasteiger partial charge on any atom is -0.358 e. The Hall–Kier alpha value is -2.02. The molecule has 1 N–H and O–H groups in total. The molecule has 3 aromatic rings. The maximum Gasteiger partial charge on any atom is 0.0465 e. The fourth-order valence-corrected chi connectivity index (χ4v) is 2.72. The van der Waals surface area contributed by atoms with Gasteiger partial charge in [-0.25, -0.2) is 0 Å². The van der Waals surface area contributed by atoms with Crippen LogP contribution in [0, 0.1) is 20.8 Å². The van der Waals surface area contributed by atoms with Crippen LogP contribution in [-0.4, -0.2) is 4.98 Å². The first-order valence-electron chi connectivity index (χ1n) is 6.32. The van der Waals surface area contributed by atoms with Gasteiger partial charge in [0.15, 0.2) is 0 Å². The van der Waals surface area contributed by atoms with Gasteiger partial charge in [0.05, 0.1) is 0 Å². The zero-order chi connectivity index (χ0) is 12.7. The molecule has 1 aromatic heterocycles. The zero-order valence-corrected chi connectivity index (χ0v) is 11.0. The van der Waals surface area contributed by atoms with Crippen LogP contribution in [0.25, 0.3) is 22.0 Å². The molecular weight excluding hydrogens is 218 g/mol. The number of rotatable bonds is 1. The molecule has 1 nitrogen and oxygen atoms in total. The number of fused-ring (bicyclic) bond motifs is 1. The van der Waals surface area contributed by atoms with E-state index in [9.17, 15) is 0 Å². The molecule has 0 fully saturated rings. The van der Waals surface area contributed by atoms with Crippen LogP contribution in [0.4, 0.5) is 0 Å². The number of H-pyrrole nitrogens is 1. The Labute approximate surface area is 107 Å². The van der Waals surface area contributed by atoms with Crippen molar-refractivity contribution < 1.29 is 0 Å². The predicted molar refractivity (Wildman–Crippen MR) is 77.9 cm³/mol. The van der Waals surface area contributed by atoms with Gasteiger partial charge < -0.3 is 4.98 Å². The summed E-state index contributed by atoms with van der Waals surface area (Å²) < 4.78 is 0. The van der Waals surface area contributed by atoms with Gasteiger partial charge in [-0.2, -0.15) is 0 Å². The molecule has 0 aliphatic heterocycles. The first-order chi connectivity index (χ1) is 8.66. The minimum absolute atomic E-state index is 1.23. The highest BCUT2D eigenvalue weighted by molar-refractivity contribution is 5.99. The molecule has 18 heavy (non-hydrogen) atoms. The van der Waals surface area contributed by atoms with Crippen LogP contribution in [0.3, 0.4) is 0 Å². The highest BCUT2D eigenvalue weighted by atomic mass is 14.7. The lowest BCUT2D eigenvalue weighted by atomic mass is 9.98. The van der Waals surface area contributed by atoms with Crippen molar-refractivity contribution in [2.45, 2.75) is 20.8 Å². The van der Waals surface area contributed by atoms with Gasteiger partial charge in [0, 0.05) is 22.2 Å². The Morgan fingerprint density at radius 3 is 2.44 bits per heavy atom. The number of aryl methyl sites for hydroxylation is 3. The monoisotopic (exact) mass is 235 g/mol. The molecule has 3 rings (SSSR count). The third-order valence-electron chi connectivity index (χ3n) is 3.53. The lowest BCUT2D eigenvalue weighted by Gasteiger charge is -2.05. The second-order valence-electron chi connectivity index (χ2n) is 4.99. The van der Waals surface area contributed by atoms with Gasteiger partial charge >= 0.3 is 0 Å². The smallest absolute Gasteiger partial charge is 0.0465 e. The van der Waals surface area contributed by atoms with Gasteiger partial charge in [-0.1, -0.05) is 42.0 Å². The Morgan fingerprint density at radius 1 is 0.889 bits per heavy atom. The molecule has 0 saturated carbocycles. The number of benzene rings is 2. The first-order valence-corrected chi connectivity index (χ1v) is 6.32. The van der Waals surface area contributed by atoms with E-state index in [4.69, 9.17) is 0 Å². The standard InChI is InChI=1S/C17H17N/c1-11-6-4-8-14(10-11)17-13(3)18-15-9-5-7-12(2)16(15)17/h4-10,18H,1-3H3. The topological polar surface area (TPSA) is 15.8 Å². The van der Waals surface area contributed by atoms with E-state index >= 15 is 0 Å². The van der Waals surface area contributed by atoms with E-state index in [0.717, 1.165) is 0 Å². The molecule has 1 heteroatoms. The second kappa shape index (κ2) is 4.02. The molecule has 0 amide bonds. The van der Waals surface area contributed by atoms with Crippen LogP contribution < -0.4 is 0 Å². The van der Waals surface area contributed by atoms with Crippen LogP contribution >= 0.6 is 0 Å². The van der Waals surface area contributed by atoms with E-state index in [0.29, 0.717) is 0 Å². The van der Waals surface area contributed by atoms with Crippen molar-refractivity contribution in [3.8, 4) is 11.1 Å². The molecular formula is C17H17N. The van der Waals surface area contributed by atoms with Crippen LogP contribution in [0.5, 0.6) is 0 Å². The fourth-order valence-electron chi connectivity index (χ4n) is 2.72. The number of hydrogen-bond donors (Lipinski definition) is 1. The molecule has 0 bridgehead atoms. The molecule has 2 aromatic carbocycles. The predicted octanol–water partition coefficient (Wildman–Crippen LogP) is 4.76. The molecule has 90 valence electrons. The van der Waals surface area contributed by atoms with Crippen molar-refractivity contribution in [2.24, 2.45) is 0 Å². The van der Waals surface area contributed by atoms with Crippen LogP contribution in [-0.2, 0) is 0 Å². The van der Waals surface area contributed by atoms with Crippen LogP contribution in [0.15, 0.2) is 42.5 Å². The van der Waals surface area contributed by atoms with Gasteiger partial charge in [0.25, 0.3) is 0 Å². The molecule has 0 radical (unpaired) electrons. The average molecular weight is 235 g/mol. The Morgan fingerprint density at radius 2 is 1.67 bits per heavy atom. The maximum absolute atomic E-state index is 3.49. The molecule has 0 unspecified atom stereocenters. The molecule has 0 atom stereocenters. The summed E-state index contributed by atoms with van der Waals surface area (Å²) in [5.74, 6) is 0. The highest BCUT2D eigenvalue weighted by Crippen LogP contribution is 2.34. The zero-order valence-electron chi connectivity index (χ0n) is 11.0. The fraction of sp³-hybridized carbons (Fsp3) is 0.176. The number of hydrogen-bond acceptors (Lipinski definition) is 0. The quantitative estimate of drug-likeness (QED) is 0.626. The molecule has 0 aliphatic carbocycles. The summed E-state index contributed by atoms with van der Waals surface area (Å²) in [6.07, 6.45) is 0. The van der Waals surface area contributed by atoms with Crippen molar-refractivity contribution in [2.75, 3.05) is 0 Å². The molecule has 0 spiro atoms. The minimum atomic E-state index is 1.23. The lowest BCUT2D eigenvalue weighted by Crippen LogP contribution is -1.82. The van der Waals surface area contributed by atoms with Gasteiger partial charge in [-0.15, -0.1) is 0 Å². The van der Waals surface area contributed by atoms with Gasteiger partial charge in [-0.3, -0.25) is 0 Å². The number of aromatic nitrogens is 1. The van der Waals surface area contributed by atoms with Crippen molar-refractivity contribution in [3.63, 3.8) is 0 Å². The Balaban J connectivity index is 2.38. The first kappa shape index (κ1) is 11.1. The van der Waals surface area contributed by atoms with Crippen molar-refractivity contribution in [3.05, 3.63) is 59.3 Å².